The third kappa shape index (κ3) is 2.74. The van der Waals surface area contributed by atoms with Crippen molar-refractivity contribution in [1.82, 2.24) is 0 Å². The van der Waals surface area contributed by atoms with Gasteiger partial charge in [0.15, 0.2) is 5.78 Å². The molecule has 0 unspecified atom stereocenters. The van der Waals surface area contributed by atoms with Crippen LogP contribution in [0.15, 0.2) is 42.5 Å². The van der Waals surface area contributed by atoms with E-state index in [4.69, 9.17) is 4.74 Å². The highest BCUT2D eigenvalue weighted by molar-refractivity contribution is 5.94. The number of rotatable bonds is 4. The molecule has 2 heteroatoms. The highest BCUT2D eigenvalue weighted by Crippen LogP contribution is 2.23. The van der Waals surface area contributed by atoms with Gasteiger partial charge < -0.3 is 4.74 Å². The third-order valence-electron chi connectivity index (χ3n) is 3.83. The van der Waals surface area contributed by atoms with Gasteiger partial charge in [-0.05, 0) is 67.1 Å². The lowest BCUT2D eigenvalue weighted by atomic mass is 10.1. The van der Waals surface area contributed by atoms with Gasteiger partial charge in [0.25, 0.3) is 0 Å². The van der Waals surface area contributed by atoms with Crippen LogP contribution in [0.25, 0.3) is 0 Å². The van der Waals surface area contributed by atoms with Crippen molar-refractivity contribution in [2.24, 2.45) is 0 Å². The van der Waals surface area contributed by atoms with Gasteiger partial charge in [-0.2, -0.15) is 0 Å². The molecule has 0 bridgehead atoms. The maximum absolute atomic E-state index is 11.2. The molecule has 102 valence electrons. The molecule has 0 atom stereocenters. The Morgan fingerprint density at radius 1 is 1.05 bits per heavy atom. The highest BCUT2D eigenvalue weighted by Gasteiger charge is 2.10. The molecule has 1 aliphatic carbocycles. The van der Waals surface area contributed by atoms with E-state index in [1.54, 1.807) is 19.1 Å². The molecule has 0 fully saturated rings. The number of ketones is 1. The molecule has 2 aromatic rings. The fourth-order valence-electron chi connectivity index (χ4n) is 2.67. The molecule has 3 rings (SSSR count). The summed E-state index contributed by atoms with van der Waals surface area (Å²) in [7, 11) is 0. The molecule has 0 saturated carbocycles. The summed E-state index contributed by atoms with van der Waals surface area (Å²) in [6.45, 7) is 2.15. The summed E-state index contributed by atoms with van der Waals surface area (Å²) < 4.78 is 5.78. The summed E-state index contributed by atoms with van der Waals surface area (Å²) in [6.07, 6.45) is 3.67. The summed E-state index contributed by atoms with van der Waals surface area (Å²) in [4.78, 5) is 11.2. The van der Waals surface area contributed by atoms with Gasteiger partial charge in [-0.1, -0.05) is 18.2 Å². The van der Waals surface area contributed by atoms with E-state index in [0.29, 0.717) is 6.61 Å². The quantitative estimate of drug-likeness (QED) is 0.783. The zero-order valence-electron chi connectivity index (χ0n) is 11.7. The molecule has 2 aromatic carbocycles. The van der Waals surface area contributed by atoms with Gasteiger partial charge in [-0.15, -0.1) is 0 Å². The number of aryl methyl sites for hydroxylation is 2. The Labute approximate surface area is 119 Å². The monoisotopic (exact) mass is 266 g/mol. The number of benzene rings is 2. The largest absolute Gasteiger partial charge is 0.489 e. The fraction of sp³-hybridized carbons (Fsp3) is 0.278. The molecular weight excluding hydrogens is 248 g/mol. The molecule has 2 nitrogen and oxygen atoms in total. The lowest BCUT2D eigenvalue weighted by Crippen LogP contribution is -1.97. The third-order valence-corrected chi connectivity index (χ3v) is 3.83. The number of Topliss-reactive ketones (excluding diaryl/α,β-unsaturated/α-hetero) is 1. The van der Waals surface area contributed by atoms with Gasteiger partial charge in [-0.3, -0.25) is 4.79 Å². The normalized spacial score (nSPS) is 13.1. The van der Waals surface area contributed by atoms with Gasteiger partial charge in [-0.25, -0.2) is 0 Å². The molecule has 1 aliphatic rings. The molecular formula is C18H18O2. The minimum Gasteiger partial charge on any atom is -0.489 e. The van der Waals surface area contributed by atoms with E-state index in [0.717, 1.165) is 11.3 Å². The fourth-order valence-corrected chi connectivity index (χ4v) is 2.67. The summed E-state index contributed by atoms with van der Waals surface area (Å²) in [6, 6.07) is 13.9. The molecule has 20 heavy (non-hydrogen) atoms. The van der Waals surface area contributed by atoms with Gasteiger partial charge in [0.05, 0.1) is 0 Å². The van der Waals surface area contributed by atoms with Crippen LogP contribution in [0.1, 0.15) is 40.4 Å². The van der Waals surface area contributed by atoms with Gasteiger partial charge in [0.1, 0.15) is 12.4 Å². The number of carbonyl (C=O) groups excluding carboxylic acids is 1. The van der Waals surface area contributed by atoms with E-state index in [1.165, 1.54) is 36.0 Å². The van der Waals surface area contributed by atoms with Crippen molar-refractivity contribution in [2.45, 2.75) is 32.8 Å². The first-order chi connectivity index (χ1) is 9.72. The van der Waals surface area contributed by atoms with Crippen molar-refractivity contribution in [2.75, 3.05) is 0 Å². The molecule has 0 aromatic heterocycles. The Bertz CT molecular complexity index is 626. The molecule has 0 amide bonds. The standard InChI is InChI=1S/C18H18O2/c1-13(19)15-7-9-18(10-8-15)20-12-14-5-6-16-3-2-4-17(16)11-14/h5-11H,2-4,12H2,1H3. The first kappa shape index (κ1) is 12.9. The van der Waals surface area contributed by atoms with Crippen LogP contribution < -0.4 is 4.74 Å². The minimum atomic E-state index is 0.0789. The number of fused-ring (bicyclic) bond motifs is 1. The average molecular weight is 266 g/mol. The Hall–Kier alpha value is -2.09. The zero-order chi connectivity index (χ0) is 13.9. The molecule has 0 radical (unpaired) electrons. The maximum atomic E-state index is 11.2. The van der Waals surface area contributed by atoms with Crippen LogP contribution in [-0.2, 0) is 19.4 Å². The van der Waals surface area contributed by atoms with Crippen LogP contribution in [-0.4, -0.2) is 5.78 Å². The molecule has 0 aliphatic heterocycles. The molecule has 0 saturated heterocycles. The summed E-state index contributed by atoms with van der Waals surface area (Å²) in [5.74, 6) is 0.880. The Balaban J connectivity index is 1.65. The van der Waals surface area contributed by atoms with E-state index in [2.05, 4.69) is 18.2 Å². The number of hydrogen-bond acceptors (Lipinski definition) is 2. The molecule has 0 N–H and O–H groups in total. The van der Waals surface area contributed by atoms with E-state index in [1.807, 2.05) is 12.1 Å². The summed E-state index contributed by atoms with van der Waals surface area (Å²) in [5, 5.41) is 0. The van der Waals surface area contributed by atoms with Crippen molar-refractivity contribution in [3.8, 4) is 5.75 Å². The van der Waals surface area contributed by atoms with E-state index < -0.39 is 0 Å². The lowest BCUT2D eigenvalue weighted by molar-refractivity contribution is 0.101. The topological polar surface area (TPSA) is 26.3 Å². The SMILES string of the molecule is CC(=O)c1ccc(OCc2ccc3c(c2)CCC3)cc1. The van der Waals surface area contributed by atoms with Crippen molar-refractivity contribution in [1.29, 1.82) is 0 Å². The van der Waals surface area contributed by atoms with Crippen LogP contribution in [0.3, 0.4) is 0 Å². The van der Waals surface area contributed by atoms with E-state index in [-0.39, 0.29) is 5.78 Å². The smallest absolute Gasteiger partial charge is 0.159 e. The van der Waals surface area contributed by atoms with Gasteiger partial charge >= 0.3 is 0 Å². The number of hydrogen-bond donors (Lipinski definition) is 0. The minimum absolute atomic E-state index is 0.0789. The van der Waals surface area contributed by atoms with Crippen LogP contribution >= 0.6 is 0 Å². The van der Waals surface area contributed by atoms with Crippen LogP contribution in [0.4, 0.5) is 0 Å². The van der Waals surface area contributed by atoms with Gasteiger partial charge in [0.2, 0.25) is 0 Å². The Kier molecular flexibility index (Phi) is 3.55. The zero-order valence-corrected chi connectivity index (χ0v) is 11.7. The van der Waals surface area contributed by atoms with Crippen LogP contribution in [0.5, 0.6) is 5.75 Å². The first-order valence-electron chi connectivity index (χ1n) is 7.07. The second-order valence-electron chi connectivity index (χ2n) is 5.33. The molecule has 0 heterocycles. The van der Waals surface area contributed by atoms with Crippen molar-refractivity contribution in [3.63, 3.8) is 0 Å². The van der Waals surface area contributed by atoms with Crippen LogP contribution in [0, 0.1) is 0 Å². The second kappa shape index (κ2) is 5.49. The Morgan fingerprint density at radius 2 is 1.80 bits per heavy atom. The molecule has 0 spiro atoms. The van der Waals surface area contributed by atoms with Crippen molar-refractivity contribution >= 4 is 5.78 Å². The van der Waals surface area contributed by atoms with Crippen LogP contribution in [0.2, 0.25) is 0 Å². The number of ether oxygens (including phenoxy) is 1. The highest BCUT2D eigenvalue weighted by atomic mass is 16.5. The first-order valence-corrected chi connectivity index (χ1v) is 7.07. The maximum Gasteiger partial charge on any atom is 0.159 e. The second-order valence-corrected chi connectivity index (χ2v) is 5.33. The predicted molar refractivity (Wildman–Crippen MR) is 79.2 cm³/mol. The summed E-state index contributed by atoms with van der Waals surface area (Å²) in [5.41, 5.74) is 4.88. The lowest BCUT2D eigenvalue weighted by Gasteiger charge is -2.08. The average Bonchev–Trinajstić information content (AvgIpc) is 2.93. The van der Waals surface area contributed by atoms with Gasteiger partial charge in [0, 0.05) is 5.56 Å². The van der Waals surface area contributed by atoms with Crippen molar-refractivity contribution < 1.29 is 9.53 Å². The number of carbonyl (C=O) groups is 1. The predicted octanol–water partition coefficient (Wildman–Crippen LogP) is 3.96. The summed E-state index contributed by atoms with van der Waals surface area (Å²) >= 11 is 0. The van der Waals surface area contributed by atoms with Crippen molar-refractivity contribution in [3.05, 3.63) is 64.7 Å². The van der Waals surface area contributed by atoms with E-state index in [9.17, 15) is 4.79 Å². The Morgan fingerprint density at radius 3 is 2.55 bits per heavy atom. The van der Waals surface area contributed by atoms with E-state index >= 15 is 0 Å².